The largest absolute Gasteiger partial charge is 0.481 e. The second-order valence-corrected chi connectivity index (χ2v) is 2.98. The summed E-state index contributed by atoms with van der Waals surface area (Å²) in [5.41, 5.74) is 5.50. The molecule has 0 aliphatic heterocycles. The minimum absolute atomic E-state index is 0.0868. The average molecular weight is 210 g/mol. The molecule has 0 spiro atoms. The van der Waals surface area contributed by atoms with Gasteiger partial charge in [0.05, 0.1) is 10.8 Å². The summed E-state index contributed by atoms with van der Waals surface area (Å²) in [5, 5.41) is 19.3. The summed E-state index contributed by atoms with van der Waals surface area (Å²) in [6.45, 7) is -0.0868. The van der Waals surface area contributed by atoms with Gasteiger partial charge in [-0.15, -0.1) is 0 Å². The zero-order chi connectivity index (χ0) is 11.4. The molecule has 3 N–H and O–H groups in total. The third kappa shape index (κ3) is 2.50. The number of carbonyl (C=O) groups is 1. The third-order valence-corrected chi connectivity index (χ3v) is 2.02. The second kappa shape index (κ2) is 4.52. The van der Waals surface area contributed by atoms with Crippen molar-refractivity contribution in [2.75, 3.05) is 6.54 Å². The number of nitrogens with zero attached hydrogens (tertiary/aromatic N) is 1. The Morgan fingerprint density at radius 3 is 2.73 bits per heavy atom. The minimum atomic E-state index is -1.09. The molecule has 0 saturated carbocycles. The molecule has 6 heteroatoms. The number of non-ortho nitro benzene ring substituents is 1. The molecule has 1 rings (SSSR count). The van der Waals surface area contributed by atoms with Crippen molar-refractivity contribution in [1.29, 1.82) is 0 Å². The van der Waals surface area contributed by atoms with Gasteiger partial charge in [-0.1, -0.05) is 12.1 Å². The van der Waals surface area contributed by atoms with E-state index >= 15 is 0 Å². The first-order chi connectivity index (χ1) is 7.06. The summed E-state index contributed by atoms with van der Waals surface area (Å²) in [5.74, 6) is -1.98. The lowest BCUT2D eigenvalue weighted by Gasteiger charge is -2.08. The number of rotatable bonds is 4. The number of nitro benzene ring substituents is 1. The Kier molecular flexibility index (Phi) is 3.35. The quantitative estimate of drug-likeness (QED) is 0.562. The lowest BCUT2D eigenvalue weighted by molar-refractivity contribution is -0.384. The Bertz CT molecular complexity index is 391. The van der Waals surface area contributed by atoms with E-state index in [0.717, 1.165) is 0 Å². The lowest BCUT2D eigenvalue weighted by atomic mass is 9.99. The van der Waals surface area contributed by atoms with Gasteiger partial charge in [-0.25, -0.2) is 0 Å². The number of benzene rings is 1. The third-order valence-electron chi connectivity index (χ3n) is 2.02. The van der Waals surface area contributed by atoms with Gasteiger partial charge in [0.15, 0.2) is 0 Å². The monoisotopic (exact) mass is 210 g/mol. The molecule has 0 aliphatic carbocycles. The molecule has 15 heavy (non-hydrogen) atoms. The highest BCUT2D eigenvalue weighted by Crippen LogP contribution is 2.20. The summed E-state index contributed by atoms with van der Waals surface area (Å²) in [4.78, 5) is 20.7. The van der Waals surface area contributed by atoms with Crippen LogP contribution < -0.4 is 5.73 Å². The van der Waals surface area contributed by atoms with Crippen LogP contribution in [0.1, 0.15) is 11.5 Å². The standard InChI is InChI=1S/C9H10N2O4/c10-5-8(9(12)13)6-2-1-3-7(4-6)11(14)15/h1-4,8H,5,10H2,(H,12,13)/t8-/m1/s1. The molecule has 0 saturated heterocycles. The van der Waals surface area contributed by atoms with Gasteiger partial charge in [0, 0.05) is 18.7 Å². The summed E-state index contributed by atoms with van der Waals surface area (Å²) in [6, 6.07) is 5.49. The fraction of sp³-hybridized carbons (Fsp3) is 0.222. The predicted octanol–water partition coefficient (Wildman–Crippen LogP) is 0.722. The molecule has 1 atom stereocenters. The van der Waals surface area contributed by atoms with E-state index in [2.05, 4.69) is 0 Å². The van der Waals surface area contributed by atoms with E-state index in [0.29, 0.717) is 5.56 Å². The Labute approximate surface area is 85.5 Å². The van der Waals surface area contributed by atoms with Crippen molar-refractivity contribution in [3.05, 3.63) is 39.9 Å². The van der Waals surface area contributed by atoms with Crippen molar-refractivity contribution in [3.8, 4) is 0 Å². The summed E-state index contributed by atoms with van der Waals surface area (Å²) in [6.07, 6.45) is 0. The average Bonchev–Trinajstić information content (AvgIpc) is 2.18. The van der Waals surface area contributed by atoms with Crippen LogP contribution in [0.2, 0.25) is 0 Å². The highest BCUT2D eigenvalue weighted by molar-refractivity contribution is 5.76. The van der Waals surface area contributed by atoms with Crippen molar-refractivity contribution in [3.63, 3.8) is 0 Å². The molecule has 0 amide bonds. The van der Waals surface area contributed by atoms with E-state index in [-0.39, 0.29) is 12.2 Å². The zero-order valence-corrected chi connectivity index (χ0v) is 7.79. The van der Waals surface area contributed by atoms with E-state index in [1.165, 1.54) is 24.3 Å². The Morgan fingerprint density at radius 2 is 2.27 bits per heavy atom. The second-order valence-electron chi connectivity index (χ2n) is 2.98. The zero-order valence-electron chi connectivity index (χ0n) is 7.79. The van der Waals surface area contributed by atoms with Gasteiger partial charge in [0.2, 0.25) is 0 Å². The smallest absolute Gasteiger partial charge is 0.312 e. The molecule has 6 nitrogen and oxygen atoms in total. The Hall–Kier alpha value is -1.95. The maximum atomic E-state index is 10.8. The molecule has 0 aromatic heterocycles. The van der Waals surface area contributed by atoms with Crippen LogP contribution in [-0.2, 0) is 4.79 Å². The number of hydrogen-bond acceptors (Lipinski definition) is 4. The molecular weight excluding hydrogens is 200 g/mol. The van der Waals surface area contributed by atoms with Gasteiger partial charge >= 0.3 is 5.97 Å². The van der Waals surface area contributed by atoms with Crippen LogP contribution in [0.5, 0.6) is 0 Å². The SMILES string of the molecule is NC[C@@H](C(=O)O)c1cccc([N+](=O)[O-])c1. The maximum Gasteiger partial charge on any atom is 0.312 e. The molecule has 1 aromatic carbocycles. The van der Waals surface area contributed by atoms with E-state index < -0.39 is 16.8 Å². The molecule has 0 fully saturated rings. The van der Waals surface area contributed by atoms with Gasteiger partial charge in [-0.05, 0) is 5.56 Å². The molecule has 1 aromatic rings. The van der Waals surface area contributed by atoms with E-state index in [1.54, 1.807) is 0 Å². The molecule has 0 heterocycles. The fourth-order valence-electron chi connectivity index (χ4n) is 1.23. The molecular formula is C9H10N2O4. The summed E-state index contributed by atoms with van der Waals surface area (Å²) >= 11 is 0. The highest BCUT2D eigenvalue weighted by atomic mass is 16.6. The van der Waals surface area contributed by atoms with Gasteiger partial charge in [0.1, 0.15) is 0 Å². The van der Waals surface area contributed by atoms with Crippen LogP contribution in [0.4, 0.5) is 5.69 Å². The van der Waals surface area contributed by atoms with Gasteiger partial charge in [-0.2, -0.15) is 0 Å². The maximum absolute atomic E-state index is 10.8. The number of aliphatic carboxylic acids is 1. The fourth-order valence-corrected chi connectivity index (χ4v) is 1.23. The first-order valence-electron chi connectivity index (χ1n) is 4.23. The number of carboxylic acids is 1. The topological polar surface area (TPSA) is 106 Å². The van der Waals surface area contributed by atoms with Crippen molar-refractivity contribution in [2.45, 2.75) is 5.92 Å². The van der Waals surface area contributed by atoms with E-state index in [4.69, 9.17) is 10.8 Å². The highest BCUT2D eigenvalue weighted by Gasteiger charge is 2.19. The molecule has 0 radical (unpaired) electrons. The lowest BCUT2D eigenvalue weighted by Crippen LogP contribution is -2.21. The molecule has 80 valence electrons. The van der Waals surface area contributed by atoms with Crippen LogP contribution in [0.15, 0.2) is 24.3 Å². The van der Waals surface area contributed by atoms with Crippen molar-refractivity contribution in [1.82, 2.24) is 0 Å². The summed E-state index contributed by atoms with van der Waals surface area (Å²) < 4.78 is 0. The molecule has 0 unspecified atom stereocenters. The number of nitrogens with two attached hydrogens (primary N) is 1. The predicted molar refractivity (Wildman–Crippen MR) is 52.5 cm³/mol. The normalized spacial score (nSPS) is 12.1. The van der Waals surface area contributed by atoms with Gasteiger partial charge in [-0.3, -0.25) is 14.9 Å². The van der Waals surface area contributed by atoms with Crippen molar-refractivity contribution < 1.29 is 14.8 Å². The van der Waals surface area contributed by atoms with Crippen LogP contribution in [-0.4, -0.2) is 22.5 Å². The summed E-state index contributed by atoms with van der Waals surface area (Å²) in [7, 11) is 0. The van der Waals surface area contributed by atoms with E-state index in [9.17, 15) is 14.9 Å². The molecule has 0 bridgehead atoms. The van der Waals surface area contributed by atoms with Crippen LogP contribution in [0, 0.1) is 10.1 Å². The number of nitro groups is 1. The minimum Gasteiger partial charge on any atom is -0.481 e. The first-order valence-corrected chi connectivity index (χ1v) is 4.23. The van der Waals surface area contributed by atoms with Crippen molar-refractivity contribution >= 4 is 11.7 Å². The van der Waals surface area contributed by atoms with Crippen LogP contribution in [0.25, 0.3) is 0 Å². The Morgan fingerprint density at radius 1 is 1.60 bits per heavy atom. The number of carboxylic acid groups (broad SMARTS) is 1. The van der Waals surface area contributed by atoms with Gasteiger partial charge in [0.25, 0.3) is 5.69 Å². The van der Waals surface area contributed by atoms with E-state index in [1.807, 2.05) is 0 Å². The van der Waals surface area contributed by atoms with Gasteiger partial charge < -0.3 is 10.8 Å². The molecule has 0 aliphatic rings. The Balaban J connectivity index is 3.08. The van der Waals surface area contributed by atoms with Crippen molar-refractivity contribution in [2.24, 2.45) is 5.73 Å². The van der Waals surface area contributed by atoms with Crippen LogP contribution in [0.3, 0.4) is 0 Å². The number of hydrogen-bond donors (Lipinski definition) is 2. The first kappa shape index (κ1) is 11.1. The van der Waals surface area contributed by atoms with Crippen LogP contribution >= 0.6 is 0 Å².